The van der Waals surface area contributed by atoms with Gasteiger partial charge in [0.25, 0.3) is 0 Å². The highest BCUT2D eigenvalue weighted by Crippen LogP contribution is 2.37. The molecule has 5 rings (SSSR count). The lowest BCUT2D eigenvalue weighted by Gasteiger charge is -2.11. The smallest absolute Gasteiger partial charge is 0.00703 e. The molecule has 0 heteroatoms. The maximum absolute atomic E-state index is 2.33. The van der Waals surface area contributed by atoms with E-state index in [1.165, 1.54) is 51.6 Å². The predicted octanol–water partition coefficient (Wildman–Crippen LogP) is 5.63. The van der Waals surface area contributed by atoms with Crippen LogP contribution in [0, 0.1) is 0 Å². The van der Waals surface area contributed by atoms with Gasteiger partial charge in [-0.05, 0) is 62.7 Å². The molecule has 1 aliphatic carbocycles. The van der Waals surface area contributed by atoms with Gasteiger partial charge in [-0.25, -0.2) is 0 Å². The molecule has 0 unspecified atom stereocenters. The van der Waals surface area contributed by atoms with Crippen LogP contribution in [-0.2, 0) is 12.8 Å². The van der Waals surface area contributed by atoms with Crippen LogP contribution in [0.15, 0.2) is 60.7 Å². The first-order valence-corrected chi connectivity index (χ1v) is 7.77. The molecular formula is C21H16. The zero-order valence-electron chi connectivity index (χ0n) is 11.9. The van der Waals surface area contributed by atoms with Crippen molar-refractivity contribution in [1.82, 2.24) is 0 Å². The monoisotopic (exact) mass is 268 g/mol. The second-order valence-corrected chi connectivity index (χ2v) is 6.10. The number of rotatable bonds is 0. The molecule has 0 amide bonds. The lowest BCUT2D eigenvalue weighted by molar-refractivity contribution is 0.913. The van der Waals surface area contributed by atoms with Crippen LogP contribution in [0.1, 0.15) is 17.5 Å². The first-order valence-electron chi connectivity index (χ1n) is 7.77. The van der Waals surface area contributed by atoms with E-state index in [9.17, 15) is 0 Å². The minimum Gasteiger partial charge on any atom is -0.0616 e. The largest absolute Gasteiger partial charge is 0.0616 e. The summed E-state index contributed by atoms with van der Waals surface area (Å²) in [5.41, 5.74) is 3.15. The van der Waals surface area contributed by atoms with Crippen molar-refractivity contribution in [3.63, 3.8) is 0 Å². The molecule has 0 radical (unpaired) electrons. The summed E-state index contributed by atoms with van der Waals surface area (Å²) in [5, 5.41) is 8.39. The van der Waals surface area contributed by atoms with Gasteiger partial charge >= 0.3 is 0 Å². The molecule has 0 spiro atoms. The van der Waals surface area contributed by atoms with Gasteiger partial charge in [0.1, 0.15) is 0 Å². The number of aryl methyl sites for hydroxylation is 2. The Morgan fingerprint density at radius 3 is 2.38 bits per heavy atom. The Kier molecular flexibility index (Phi) is 2.20. The van der Waals surface area contributed by atoms with Gasteiger partial charge in [-0.15, -0.1) is 0 Å². The van der Waals surface area contributed by atoms with E-state index < -0.39 is 0 Å². The number of hydrogen-bond acceptors (Lipinski definition) is 0. The Bertz CT molecular complexity index is 1010. The Hall–Kier alpha value is -2.34. The average molecular weight is 268 g/mol. The van der Waals surface area contributed by atoms with Crippen LogP contribution >= 0.6 is 0 Å². The molecule has 0 aromatic heterocycles. The second-order valence-electron chi connectivity index (χ2n) is 6.10. The molecule has 4 aromatic carbocycles. The van der Waals surface area contributed by atoms with Crippen LogP contribution in [0.5, 0.6) is 0 Å². The van der Waals surface area contributed by atoms with Gasteiger partial charge < -0.3 is 0 Å². The fourth-order valence-electron chi connectivity index (χ4n) is 4.01. The lowest BCUT2D eigenvalue weighted by atomic mass is 9.93. The summed E-state index contributed by atoms with van der Waals surface area (Å²) < 4.78 is 0. The molecule has 0 bridgehead atoms. The average Bonchev–Trinajstić information content (AvgIpc) is 3.02. The van der Waals surface area contributed by atoms with E-state index in [2.05, 4.69) is 60.7 Å². The van der Waals surface area contributed by atoms with Gasteiger partial charge in [-0.3, -0.25) is 0 Å². The summed E-state index contributed by atoms with van der Waals surface area (Å²) >= 11 is 0. The van der Waals surface area contributed by atoms with Crippen molar-refractivity contribution in [1.29, 1.82) is 0 Å². The predicted molar refractivity (Wildman–Crippen MR) is 91.0 cm³/mol. The van der Waals surface area contributed by atoms with E-state index >= 15 is 0 Å². The van der Waals surface area contributed by atoms with E-state index in [1.807, 2.05) is 0 Å². The fraction of sp³-hybridized carbons (Fsp3) is 0.143. The normalized spacial score (nSPS) is 14.1. The summed E-state index contributed by atoms with van der Waals surface area (Å²) in [5.74, 6) is 0. The highest BCUT2D eigenvalue weighted by molar-refractivity contribution is 6.18. The zero-order valence-corrected chi connectivity index (χ0v) is 11.9. The third-order valence-electron chi connectivity index (χ3n) is 4.98. The third kappa shape index (κ3) is 1.50. The fourth-order valence-corrected chi connectivity index (χ4v) is 4.01. The number of hydrogen-bond donors (Lipinski definition) is 0. The topological polar surface area (TPSA) is 0 Å². The minimum atomic E-state index is 1.23. The van der Waals surface area contributed by atoms with Crippen molar-refractivity contribution >= 4 is 32.3 Å². The summed E-state index contributed by atoms with van der Waals surface area (Å²) in [4.78, 5) is 0. The summed E-state index contributed by atoms with van der Waals surface area (Å²) in [6.07, 6.45) is 3.78. The van der Waals surface area contributed by atoms with E-state index in [-0.39, 0.29) is 0 Å². The quantitative estimate of drug-likeness (QED) is 0.362. The summed E-state index contributed by atoms with van der Waals surface area (Å²) in [6, 6.07) is 22.5. The zero-order chi connectivity index (χ0) is 13.8. The molecular weight excluding hydrogens is 252 g/mol. The Labute approximate surface area is 124 Å². The Morgan fingerprint density at radius 2 is 1.38 bits per heavy atom. The second kappa shape index (κ2) is 4.08. The summed E-state index contributed by atoms with van der Waals surface area (Å²) in [7, 11) is 0. The highest BCUT2D eigenvalue weighted by Gasteiger charge is 2.15. The Morgan fingerprint density at radius 1 is 0.571 bits per heavy atom. The molecule has 0 saturated carbocycles. The van der Waals surface area contributed by atoms with Gasteiger partial charge in [0, 0.05) is 0 Å². The van der Waals surface area contributed by atoms with Gasteiger partial charge in [0.05, 0.1) is 0 Å². The standard InChI is InChI=1S/C21H16/c1-2-6-17-14(4-1)10-13-20-19(17)12-11-16-9-8-15-5-3-7-18(15)21(16)20/h1-2,4,6,8-13H,3,5,7H2. The van der Waals surface area contributed by atoms with Crippen molar-refractivity contribution in [3.05, 3.63) is 71.8 Å². The molecule has 0 saturated heterocycles. The number of benzene rings is 4. The lowest BCUT2D eigenvalue weighted by Crippen LogP contribution is -1.87. The molecule has 0 heterocycles. The van der Waals surface area contributed by atoms with Gasteiger partial charge in [-0.2, -0.15) is 0 Å². The van der Waals surface area contributed by atoms with Crippen LogP contribution in [0.3, 0.4) is 0 Å². The van der Waals surface area contributed by atoms with Crippen LogP contribution in [-0.4, -0.2) is 0 Å². The maximum Gasteiger partial charge on any atom is -0.00703 e. The SMILES string of the molecule is c1ccc2c(c1)ccc1c2ccc2ccc3c(c21)CCC3. The Balaban J connectivity index is 2.05. The van der Waals surface area contributed by atoms with E-state index in [0.29, 0.717) is 0 Å². The van der Waals surface area contributed by atoms with Gasteiger partial charge in [0.2, 0.25) is 0 Å². The van der Waals surface area contributed by atoms with Crippen LogP contribution in [0.2, 0.25) is 0 Å². The number of fused-ring (bicyclic) bond motifs is 7. The molecule has 0 N–H and O–H groups in total. The van der Waals surface area contributed by atoms with Crippen molar-refractivity contribution in [2.24, 2.45) is 0 Å². The van der Waals surface area contributed by atoms with Gasteiger partial charge in [-0.1, -0.05) is 60.7 Å². The van der Waals surface area contributed by atoms with E-state index in [0.717, 1.165) is 0 Å². The van der Waals surface area contributed by atoms with Crippen LogP contribution in [0.4, 0.5) is 0 Å². The van der Waals surface area contributed by atoms with Crippen molar-refractivity contribution in [2.45, 2.75) is 19.3 Å². The molecule has 0 fully saturated rings. The highest BCUT2D eigenvalue weighted by atomic mass is 14.2. The van der Waals surface area contributed by atoms with E-state index in [1.54, 1.807) is 11.1 Å². The van der Waals surface area contributed by atoms with Gasteiger partial charge in [0.15, 0.2) is 0 Å². The third-order valence-corrected chi connectivity index (χ3v) is 4.98. The van der Waals surface area contributed by atoms with Crippen molar-refractivity contribution in [2.75, 3.05) is 0 Å². The van der Waals surface area contributed by atoms with Crippen molar-refractivity contribution < 1.29 is 0 Å². The van der Waals surface area contributed by atoms with E-state index in [4.69, 9.17) is 0 Å². The molecule has 1 aliphatic rings. The van der Waals surface area contributed by atoms with Crippen LogP contribution in [0.25, 0.3) is 32.3 Å². The first-order chi connectivity index (χ1) is 10.4. The van der Waals surface area contributed by atoms with Crippen molar-refractivity contribution in [3.8, 4) is 0 Å². The molecule has 0 aliphatic heterocycles. The molecule has 0 atom stereocenters. The minimum absolute atomic E-state index is 1.23. The molecule has 0 nitrogen and oxygen atoms in total. The summed E-state index contributed by atoms with van der Waals surface area (Å²) in [6.45, 7) is 0. The maximum atomic E-state index is 2.33. The molecule has 100 valence electrons. The van der Waals surface area contributed by atoms with Crippen LogP contribution < -0.4 is 0 Å². The first kappa shape index (κ1) is 11.3. The molecule has 21 heavy (non-hydrogen) atoms. The molecule has 4 aromatic rings.